The molecular formula is C21H22N4O. The van der Waals surface area contributed by atoms with Gasteiger partial charge in [0.2, 0.25) is 0 Å². The maximum atomic E-state index is 12.2. The van der Waals surface area contributed by atoms with Crippen LogP contribution in [0.25, 0.3) is 22.6 Å². The van der Waals surface area contributed by atoms with Crippen molar-refractivity contribution in [1.82, 2.24) is 19.9 Å². The van der Waals surface area contributed by atoms with E-state index in [-0.39, 0.29) is 5.91 Å². The third kappa shape index (κ3) is 2.77. The maximum absolute atomic E-state index is 12.2. The summed E-state index contributed by atoms with van der Waals surface area (Å²) in [7, 11) is 0. The number of rotatable bonds is 4. The van der Waals surface area contributed by atoms with E-state index in [1.54, 1.807) is 0 Å². The summed E-state index contributed by atoms with van der Waals surface area (Å²) < 4.78 is 2.31. The monoisotopic (exact) mass is 346 g/mol. The summed E-state index contributed by atoms with van der Waals surface area (Å²) in [5, 5.41) is 3.04. The Morgan fingerprint density at radius 2 is 1.81 bits per heavy atom. The second-order valence-electron chi connectivity index (χ2n) is 7.41. The first-order chi connectivity index (χ1) is 12.8. The average molecular weight is 346 g/mol. The summed E-state index contributed by atoms with van der Waals surface area (Å²) in [5.41, 5.74) is 3.65. The van der Waals surface area contributed by atoms with Crippen molar-refractivity contribution in [2.24, 2.45) is 0 Å². The molecule has 1 amide bonds. The molecule has 1 aromatic carbocycles. The molecule has 5 rings (SSSR count). The SMILES string of the molecule is O=C(NC1CC1)c1ccc(-c2nc3cccnc3n2C2CCCC2)cc1. The van der Waals surface area contributed by atoms with Crippen molar-refractivity contribution in [3.8, 4) is 11.4 Å². The first-order valence-corrected chi connectivity index (χ1v) is 9.54. The number of hydrogen-bond acceptors (Lipinski definition) is 3. The molecule has 0 atom stereocenters. The van der Waals surface area contributed by atoms with Crippen molar-refractivity contribution in [2.75, 3.05) is 0 Å². The minimum Gasteiger partial charge on any atom is -0.349 e. The topological polar surface area (TPSA) is 59.8 Å². The Hall–Kier alpha value is -2.69. The number of carbonyl (C=O) groups excluding carboxylic acids is 1. The van der Waals surface area contributed by atoms with Crippen molar-refractivity contribution < 1.29 is 4.79 Å². The molecule has 5 heteroatoms. The second-order valence-corrected chi connectivity index (χ2v) is 7.41. The lowest BCUT2D eigenvalue weighted by molar-refractivity contribution is 0.0951. The number of fused-ring (bicyclic) bond motifs is 1. The molecule has 132 valence electrons. The fraction of sp³-hybridized carbons (Fsp3) is 0.381. The summed E-state index contributed by atoms with van der Waals surface area (Å²) >= 11 is 0. The van der Waals surface area contributed by atoms with Crippen LogP contribution in [-0.4, -0.2) is 26.5 Å². The number of aromatic nitrogens is 3. The number of benzene rings is 1. The molecule has 0 radical (unpaired) electrons. The molecule has 3 aromatic rings. The van der Waals surface area contributed by atoms with E-state index in [2.05, 4.69) is 14.9 Å². The van der Waals surface area contributed by atoms with E-state index in [4.69, 9.17) is 4.98 Å². The van der Waals surface area contributed by atoms with E-state index in [0.717, 1.165) is 35.4 Å². The molecule has 2 saturated carbocycles. The van der Waals surface area contributed by atoms with Gasteiger partial charge in [-0.15, -0.1) is 0 Å². The summed E-state index contributed by atoms with van der Waals surface area (Å²) in [4.78, 5) is 21.7. The van der Waals surface area contributed by atoms with Gasteiger partial charge < -0.3 is 9.88 Å². The third-order valence-corrected chi connectivity index (χ3v) is 5.46. The lowest BCUT2D eigenvalue weighted by Gasteiger charge is -2.16. The number of nitrogens with zero attached hydrogens (tertiary/aromatic N) is 3. The Kier molecular flexibility index (Phi) is 3.73. The molecule has 2 aliphatic rings. The van der Waals surface area contributed by atoms with E-state index < -0.39 is 0 Å². The Bertz CT molecular complexity index is 950. The zero-order valence-electron chi connectivity index (χ0n) is 14.7. The van der Waals surface area contributed by atoms with Gasteiger partial charge in [-0.25, -0.2) is 9.97 Å². The summed E-state index contributed by atoms with van der Waals surface area (Å²) in [6, 6.07) is 12.6. The van der Waals surface area contributed by atoms with E-state index in [0.29, 0.717) is 17.6 Å². The van der Waals surface area contributed by atoms with Crippen LogP contribution in [-0.2, 0) is 0 Å². The second kappa shape index (κ2) is 6.24. The van der Waals surface area contributed by atoms with E-state index in [9.17, 15) is 4.79 Å². The predicted molar refractivity (Wildman–Crippen MR) is 101 cm³/mol. The Balaban J connectivity index is 1.53. The number of hydrogen-bond donors (Lipinski definition) is 1. The first-order valence-electron chi connectivity index (χ1n) is 9.54. The van der Waals surface area contributed by atoms with Gasteiger partial charge in [-0.2, -0.15) is 0 Å². The van der Waals surface area contributed by atoms with Crippen LogP contribution in [0.2, 0.25) is 0 Å². The van der Waals surface area contributed by atoms with Crippen LogP contribution in [0.4, 0.5) is 0 Å². The minimum atomic E-state index is 0.0185. The third-order valence-electron chi connectivity index (χ3n) is 5.46. The number of pyridine rings is 1. The largest absolute Gasteiger partial charge is 0.349 e. The summed E-state index contributed by atoms with van der Waals surface area (Å²) in [5.74, 6) is 0.977. The number of nitrogens with one attached hydrogen (secondary N) is 1. The van der Waals surface area contributed by atoms with Gasteiger partial charge in [0.25, 0.3) is 5.91 Å². The van der Waals surface area contributed by atoms with Crippen LogP contribution in [0.1, 0.15) is 54.9 Å². The van der Waals surface area contributed by atoms with Crippen LogP contribution in [0, 0.1) is 0 Å². The lowest BCUT2D eigenvalue weighted by Crippen LogP contribution is -2.25. The molecule has 2 fully saturated rings. The van der Waals surface area contributed by atoms with Gasteiger partial charge in [-0.05, 0) is 49.9 Å². The van der Waals surface area contributed by atoms with Gasteiger partial charge in [-0.1, -0.05) is 25.0 Å². The van der Waals surface area contributed by atoms with Crippen molar-refractivity contribution in [3.05, 3.63) is 48.2 Å². The molecule has 1 N–H and O–H groups in total. The molecule has 0 saturated heterocycles. The van der Waals surface area contributed by atoms with Crippen molar-refractivity contribution in [2.45, 2.75) is 50.6 Å². The van der Waals surface area contributed by atoms with Gasteiger partial charge in [0, 0.05) is 29.4 Å². The maximum Gasteiger partial charge on any atom is 0.251 e. The van der Waals surface area contributed by atoms with Crippen LogP contribution < -0.4 is 5.32 Å². The van der Waals surface area contributed by atoms with Crippen LogP contribution in [0.3, 0.4) is 0 Å². The Labute approximate surface area is 152 Å². The van der Waals surface area contributed by atoms with Crippen molar-refractivity contribution in [1.29, 1.82) is 0 Å². The zero-order chi connectivity index (χ0) is 17.5. The molecule has 2 aliphatic carbocycles. The van der Waals surface area contributed by atoms with Gasteiger partial charge >= 0.3 is 0 Å². The molecule has 5 nitrogen and oxygen atoms in total. The molecule has 0 spiro atoms. The molecule has 0 aliphatic heterocycles. The van der Waals surface area contributed by atoms with Crippen molar-refractivity contribution >= 4 is 17.1 Å². The molecule has 0 bridgehead atoms. The van der Waals surface area contributed by atoms with E-state index in [1.165, 1.54) is 25.7 Å². The van der Waals surface area contributed by atoms with Crippen LogP contribution in [0.5, 0.6) is 0 Å². The molecule has 2 heterocycles. The number of carbonyl (C=O) groups is 1. The molecular weight excluding hydrogens is 324 g/mol. The molecule has 0 unspecified atom stereocenters. The Morgan fingerprint density at radius 3 is 2.54 bits per heavy atom. The average Bonchev–Trinajstić information content (AvgIpc) is 3.19. The fourth-order valence-electron chi connectivity index (χ4n) is 3.91. The standard InChI is InChI=1S/C21H22N4O/c26-21(23-16-11-12-16)15-9-7-14(8-10-15)19-24-18-6-3-13-22-20(18)25(19)17-4-1-2-5-17/h3,6-10,13,16-17H,1-2,4-5,11-12H2,(H,23,26). The van der Waals surface area contributed by atoms with E-state index in [1.807, 2.05) is 42.6 Å². The van der Waals surface area contributed by atoms with Gasteiger partial charge in [0.1, 0.15) is 11.3 Å². The highest BCUT2D eigenvalue weighted by Crippen LogP contribution is 2.36. The van der Waals surface area contributed by atoms with E-state index >= 15 is 0 Å². The van der Waals surface area contributed by atoms with Crippen LogP contribution >= 0.6 is 0 Å². The highest BCUT2D eigenvalue weighted by molar-refractivity contribution is 5.95. The Morgan fingerprint density at radius 1 is 1.04 bits per heavy atom. The molecule has 26 heavy (non-hydrogen) atoms. The van der Waals surface area contributed by atoms with Crippen molar-refractivity contribution in [3.63, 3.8) is 0 Å². The lowest BCUT2D eigenvalue weighted by atomic mass is 10.1. The quantitative estimate of drug-likeness (QED) is 0.773. The van der Waals surface area contributed by atoms with Gasteiger partial charge in [0.15, 0.2) is 5.65 Å². The number of imidazole rings is 1. The summed E-state index contributed by atoms with van der Waals surface area (Å²) in [6.45, 7) is 0. The van der Waals surface area contributed by atoms with Crippen LogP contribution in [0.15, 0.2) is 42.6 Å². The summed E-state index contributed by atoms with van der Waals surface area (Å²) in [6.07, 6.45) is 8.91. The smallest absolute Gasteiger partial charge is 0.251 e. The normalized spacial score (nSPS) is 17.7. The zero-order valence-corrected chi connectivity index (χ0v) is 14.7. The first kappa shape index (κ1) is 15.6. The van der Waals surface area contributed by atoms with Gasteiger partial charge in [-0.3, -0.25) is 4.79 Å². The van der Waals surface area contributed by atoms with Gasteiger partial charge in [0.05, 0.1) is 0 Å². The number of amides is 1. The molecule has 2 aromatic heterocycles. The highest BCUT2D eigenvalue weighted by atomic mass is 16.1. The predicted octanol–water partition coefficient (Wildman–Crippen LogP) is 4.11. The fourth-order valence-corrected chi connectivity index (χ4v) is 3.91. The highest BCUT2D eigenvalue weighted by Gasteiger charge is 2.25. The minimum absolute atomic E-state index is 0.0185.